The van der Waals surface area contributed by atoms with E-state index in [0.717, 1.165) is 6.07 Å². The van der Waals surface area contributed by atoms with Crippen LogP contribution in [0.15, 0.2) is 18.2 Å². The Hall–Kier alpha value is -1.50. The van der Waals surface area contributed by atoms with Gasteiger partial charge in [-0.1, -0.05) is 6.07 Å². The van der Waals surface area contributed by atoms with E-state index in [1.807, 2.05) is 0 Å². The van der Waals surface area contributed by atoms with Gasteiger partial charge in [0.2, 0.25) is 0 Å². The van der Waals surface area contributed by atoms with Crippen molar-refractivity contribution in [2.45, 2.75) is 6.61 Å². The topological polar surface area (TPSA) is 47.3 Å². The third kappa shape index (κ3) is 3.28. The second-order valence-electron chi connectivity index (χ2n) is 2.48. The first-order chi connectivity index (χ1) is 7.00. The SMILES string of the molecule is NC(=S)Nc1cccc(F)c1OC(F)F. The van der Waals surface area contributed by atoms with Crippen molar-refractivity contribution in [3.63, 3.8) is 0 Å². The Kier molecular flexibility index (Phi) is 3.73. The zero-order valence-corrected chi connectivity index (χ0v) is 8.15. The molecule has 7 heteroatoms. The van der Waals surface area contributed by atoms with Crippen LogP contribution in [0.25, 0.3) is 0 Å². The molecule has 1 aromatic carbocycles. The molecular weight excluding hydrogens is 229 g/mol. The summed E-state index contributed by atoms with van der Waals surface area (Å²) >= 11 is 4.50. The lowest BCUT2D eigenvalue weighted by Gasteiger charge is -2.11. The molecule has 3 nitrogen and oxygen atoms in total. The van der Waals surface area contributed by atoms with Crippen molar-refractivity contribution in [2.75, 3.05) is 5.32 Å². The molecule has 1 rings (SSSR count). The van der Waals surface area contributed by atoms with Crippen LogP contribution in [-0.4, -0.2) is 11.7 Å². The van der Waals surface area contributed by atoms with Crippen LogP contribution >= 0.6 is 12.2 Å². The van der Waals surface area contributed by atoms with E-state index >= 15 is 0 Å². The molecule has 0 aliphatic rings. The van der Waals surface area contributed by atoms with Crippen molar-refractivity contribution >= 4 is 23.0 Å². The van der Waals surface area contributed by atoms with Gasteiger partial charge in [-0.3, -0.25) is 0 Å². The molecule has 82 valence electrons. The lowest BCUT2D eigenvalue weighted by molar-refractivity contribution is -0.0516. The number of nitrogens with two attached hydrogens (primary N) is 1. The third-order valence-corrected chi connectivity index (χ3v) is 1.53. The highest BCUT2D eigenvalue weighted by Gasteiger charge is 2.14. The predicted molar refractivity (Wildman–Crippen MR) is 53.4 cm³/mol. The summed E-state index contributed by atoms with van der Waals surface area (Å²) in [6.07, 6.45) is 0. The van der Waals surface area contributed by atoms with Gasteiger partial charge in [0.15, 0.2) is 16.7 Å². The van der Waals surface area contributed by atoms with Gasteiger partial charge in [0.05, 0.1) is 5.69 Å². The van der Waals surface area contributed by atoms with E-state index in [0.29, 0.717) is 0 Å². The minimum Gasteiger partial charge on any atom is -0.429 e. The summed E-state index contributed by atoms with van der Waals surface area (Å²) in [6, 6.07) is 3.62. The average Bonchev–Trinajstić information content (AvgIpc) is 2.09. The smallest absolute Gasteiger partial charge is 0.387 e. The number of rotatable bonds is 3. The number of thiocarbonyl (C=S) groups is 1. The van der Waals surface area contributed by atoms with Crippen LogP contribution in [0.5, 0.6) is 5.75 Å². The molecule has 0 unspecified atom stereocenters. The Morgan fingerprint density at radius 2 is 2.13 bits per heavy atom. The van der Waals surface area contributed by atoms with Gasteiger partial charge >= 0.3 is 6.61 Å². The van der Waals surface area contributed by atoms with Crippen molar-refractivity contribution in [3.8, 4) is 5.75 Å². The fraction of sp³-hybridized carbons (Fsp3) is 0.125. The molecule has 0 aliphatic heterocycles. The van der Waals surface area contributed by atoms with Gasteiger partial charge < -0.3 is 15.8 Å². The summed E-state index contributed by atoms with van der Waals surface area (Å²) in [6.45, 7) is -3.12. The Morgan fingerprint density at radius 3 is 2.67 bits per heavy atom. The molecule has 0 saturated heterocycles. The van der Waals surface area contributed by atoms with Gasteiger partial charge in [-0.2, -0.15) is 8.78 Å². The first kappa shape index (κ1) is 11.6. The van der Waals surface area contributed by atoms with Crippen LogP contribution in [-0.2, 0) is 0 Å². The van der Waals surface area contributed by atoms with E-state index in [1.54, 1.807) is 0 Å². The second kappa shape index (κ2) is 4.83. The normalized spacial score (nSPS) is 10.1. The number of halogens is 3. The highest BCUT2D eigenvalue weighted by atomic mass is 32.1. The first-order valence-corrected chi connectivity index (χ1v) is 4.21. The van der Waals surface area contributed by atoms with Crippen LogP contribution in [0.2, 0.25) is 0 Å². The maximum atomic E-state index is 13.1. The number of benzene rings is 1. The number of nitrogens with one attached hydrogen (secondary N) is 1. The molecular formula is C8H7F3N2OS. The molecule has 0 atom stereocenters. The number of hydrogen-bond donors (Lipinski definition) is 2. The molecule has 0 radical (unpaired) electrons. The van der Waals surface area contributed by atoms with E-state index in [2.05, 4.69) is 22.3 Å². The van der Waals surface area contributed by atoms with Gasteiger partial charge in [0, 0.05) is 0 Å². The van der Waals surface area contributed by atoms with Crippen LogP contribution < -0.4 is 15.8 Å². The van der Waals surface area contributed by atoms with Gasteiger partial charge in [0.25, 0.3) is 0 Å². The summed E-state index contributed by atoms with van der Waals surface area (Å²) in [7, 11) is 0. The van der Waals surface area contributed by atoms with Crippen molar-refractivity contribution in [3.05, 3.63) is 24.0 Å². The number of ether oxygens (including phenoxy) is 1. The molecule has 15 heavy (non-hydrogen) atoms. The van der Waals surface area contributed by atoms with Crippen LogP contribution in [0.3, 0.4) is 0 Å². The Morgan fingerprint density at radius 1 is 1.47 bits per heavy atom. The molecule has 0 aliphatic carbocycles. The lowest BCUT2D eigenvalue weighted by Crippen LogP contribution is -2.20. The number of anilines is 1. The Bertz CT molecular complexity index is 373. The first-order valence-electron chi connectivity index (χ1n) is 3.80. The van der Waals surface area contributed by atoms with E-state index < -0.39 is 18.2 Å². The van der Waals surface area contributed by atoms with Crippen LogP contribution in [0.4, 0.5) is 18.9 Å². The van der Waals surface area contributed by atoms with Crippen molar-refractivity contribution in [1.29, 1.82) is 0 Å². The molecule has 0 heterocycles. The van der Waals surface area contributed by atoms with Crippen molar-refractivity contribution in [1.82, 2.24) is 0 Å². The largest absolute Gasteiger partial charge is 0.429 e. The van der Waals surface area contributed by atoms with E-state index in [4.69, 9.17) is 5.73 Å². The van der Waals surface area contributed by atoms with Gasteiger partial charge in [-0.25, -0.2) is 4.39 Å². The standard InChI is InChI=1S/C8H7F3N2OS/c9-4-2-1-3-5(13-8(12)15)6(4)14-7(10)11/h1-3,7H,(H3,12,13,15). The van der Waals surface area contributed by atoms with Crippen molar-refractivity contribution < 1.29 is 17.9 Å². The molecule has 0 amide bonds. The molecule has 3 N–H and O–H groups in total. The molecule has 0 bridgehead atoms. The van der Waals surface area contributed by atoms with Crippen LogP contribution in [0, 0.1) is 5.82 Å². The minimum atomic E-state index is -3.12. The predicted octanol–water partition coefficient (Wildman–Crippen LogP) is 2.08. The number of alkyl halides is 2. The highest BCUT2D eigenvalue weighted by Crippen LogP contribution is 2.28. The summed E-state index contributed by atoms with van der Waals surface area (Å²) < 4.78 is 40.9. The zero-order valence-electron chi connectivity index (χ0n) is 7.34. The van der Waals surface area contributed by atoms with E-state index in [1.165, 1.54) is 12.1 Å². The lowest BCUT2D eigenvalue weighted by atomic mass is 10.3. The minimum absolute atomic E-state index is 0.0391. The Balaban J connectivity index is 3.02. The van der Waals surface area contributed by atoms with Gasteiger partial charge in [-0.05, 0) is 24.4 Å². The molecule has 0 aromatic heterocycles. The van der Waals surface area contributed by atoms with Crippen molar-refractivity contribution in [2.24, 2.45) is 5.73 Å². The molecule has 0 fully saturated rings. The second-order valence-corrected chi connectivity index (χ2v) is 2.92. The summed E-state index contributed by atoms with van der Waals surface area (Å²) in [4.78, 5) is 0. The van der Waals surface area contributed by atoms with E-state index in [9.17, 15) is 13.2 Å². The third-order valence-electron chi connectivity index (χ3n) is 1.43. The number of hydrogen-bond acceptors (Lipinski definition) is 2. The van der Waals surface area contributed by atoms with Gasteiger partial charge in [-0.15, -0.1) is 0 Å². The van der Waals surface area contributed by atoms with E-state index in [-0.39, 0.29) is 10.8 Å². The molecule has 0 saturated carbocycles. The average molecular weight is 236 g/mol. The quantitative estimate of drug-likeness (QED) is 0.789. The zero-order chi connectivity index (χ0) is 11.4. The number of para-hydroxylation sites is 1. The highest BCUT2D eigenvalue weighted by molar-refractivity contribution is 7.80. The Labute approximate surface area is 89.0 Å². The fourth-order valence-electron chi connectivity index (χ4n) is 0.949. The summed E-state index contributed by atoms with van der Waals surface area (Å²) in [5.74, 6) is -1.53. The fourth-order valence-corrected chi connectivity index (χ4v) is 1.06. The maximum absolute atomic E-state index is 13.1. The van der Waals surface area contributed by atoms with Gasteiger partial charge in [0.1, 0.15) is 0 Å². The van der Waals surface area contributed by atoms with Crippen LogP contribution in [0.1, 0.15) is 0 Å². The molecule has 1 aromatic rings. The summed E-state index contributed by atoms with van der Waals surface area (Å²) in [5, 5.41) is 2.16. The summed E-state index contributed by atoms with van der Waals surface area (Å²) in [5.41, 5.74) is 5.09. The molecule has 0 spiro atoms. The maximum Gasteiger partial charge on any atom is 0.387 e. The monoisotopic (exact) mass is 236 g/mol.